The first-order valence-electron chi connectivity index (χ1n) is 23.8. The molecule has 4 aliphatic rings. The van der Waals surface area contributed by atoms with E-state index in [1.807, 2.05) is 11.3 Å². The third kappa shape index (κ3) is 4.34. The minimum atomic E-state index is -0.546. The summed E-state index contributed by atoms with van der Waals surface area (Å²) >= 11 is 1.92. The van der Waals surface area contributed by atoms with Crippen LogP contribution in [0.1, 0.15) is 44.5 Å². The highest BCUT2D eigenvalue weighted by atomic mass is 32.1. The van der Waals surface area contributed by atoms with E-state index in [1.165, 1.54) is 131 Å². The topological polar surface area (TPSA) is 3.24 Å². The molecule has 1 nitrogen and oxygen atoms in total. The second-order valence-electron chi connectivity index (χ2n) is 19.0. The molecule has 0 N–H and O–H groups in total. The standard InChI is InChI=1S/C66H39NS/c1-2-18-42-40(17-1)35-38-61-62(42)51-26-16-34-60(64(51)68-61)67(41-36-37-49-47-23-5-11-29-54(47)65(58(49)39-41)52-27-9-3-19-43(52)44-20-4-10-28-53(44)65)59-33-15-25-50-48-24-8-14-32-57(48)66(63(50)59)55-30-12-6-21-45(55)46-22-7-13-31-56(46)66/h1-39H. The molecule has 0 bridgehead atoms. The lowest BCUT2D eigenvalue weighted by Gasteiger charge is -2.36. The minimum absolute atomic E-state index is 0.483. The molecule has 0 aliphatic heterocycles. The normalized spacial score (nSPS) is 14.4. The number of hydrogen-bond donors (Lipinski definition) is 0. The van der Waals surface area contributed by atoms with Gasteiger partial charge in [0.25, 0.3) is 0 Å². The number of nitrogens with zero attached hydrogens (tertiary/aromatic N) is 1. The van der Waals surface area contributed by atoms with E-state index < -0.39 is 10.8 Å². The minimum Gasteiger partial charge on any atom is -0.309 e. The van der Waals surface area contributed by atoms with Crippen molar-refractivity contribution in [3.05, 3.63) is 281 Å². The summed E-state index contributed by atoms with van der Waals surface area (Å²) in [6.45, 7) is 0. The van der Waals surface area contributed by atoms with E-state index in [4.69, 9.17) is 0 Å². The Hall–Kier alpha value is -8.30. The van der Waals surface area contributed by atoms with Crippen molar-refractivity contribution >= 4 is 59.3 Å². The van der Waals surface area contributed by atoms with Crippen molar-refractivity contribution < 1.29 is 0 Å². The molecule has 0 radical (unpaired) electrons. The van der Waals surface area contributed by atoms with Crippen LogP contribution in [0.4, 0.5) is 17.1 Å². The molecule has 0 fully saturated rings. The Morgan fingerprint density at radius 3 is 1.34 bits per heavy atom. The highest BCUT2D eigenvalue weighted by Gasteiger charge is 2.54. The Bertz CT molecular complexity index is 4060. The summed E-state index contributed by atoms with van der Waals surface area (Å²) in [5.41, 5.74) is 23.7. The van der Waals surface area contributed by atoms with Crippen LogP contribution in [0, 0.1) is 0 Å². The van der Waals surface area contributed by atoms with Crippen LogP contribution in [0.3, 0.4) is 0 Å². The number of hydrogen-bond acceptors (Lipinski definition) is 2. The molecule has 68 heavy (non-hydrogen) atoms. The number of thiophene rings is 1. The molecule has 1 aromatic heterocycles. The lowest BCUT2D eigenvalue weighted by molar-refractivity contribution is 0.790. The third-order valence-electron chi connectivity index (χ3n) is 16.1. The van der Waals surface area contributed by atoms with E-state index in [9.17, 15) is 0 Å². The Morgan fingerprint density at radius 1 is 0.309 bits per heavy atom. The summed E-state index contributed by atoms with van der Waals surface area (Å²) in [5.74, 6) is 0. The van der Waals surface area contributed by atoms with Gasteiger partial charge in [-0.15, -0.1) is 11.3 Å². The number of benzene rings is 11. The fraction of sp³-hybridized carbons (Fsp3) is 0.0303. The Kier molecular flexibility index (Phi) is 7.15. The van der Waals surface area contributed by atoms with Gasteiger partial charge in [0.2, 0.25) is 0 Å². The van der Waals surface area contributed by atoms with Crippen LogP contribution < -0.4 is 4.90 Å². The summed E-state index contributed by atoms with van der Waals surface area (Å²) in [4.78, 5) is 2.65. The number of anilines is 3. The van der Waals surface area contributed by atoms with E-state index in [0.717, 1.165) is 5.69 Å². The predicted molar refractivity (Wildman–Crippen MR) is 284 cm³/mol. The number of fused-ring (bicyclic) bond motifs is 25. The molecular formula is C66H39NS. The van der Waals surface area contributed by atoms with Gasteiger partial charge in [0, 0.05) is 26.7 Å². The molecule has 2 spiro atoms. The monoisotopic (exact) mass is 877 g/mol. The highest BCUT2D eigenvalue weighted by Crippen LogP contribution is 2.67. The Morgan fingerprint density at radius 2 is 0.750 bits per heavy atom. The van der Waals surface area contributed by atoms with Crippen molar-refractivity contribution in [3.63, 3.8) is 0 Å². The van der Waals surface area contributed by atoms with Gasteiger partial charge in [-0.2, -0.15) is 0 Å². The van der Waals surface area contributed by atoms with Crippen LogP contribution in [0.15, 0.2) is 237 Å². The largest absolute Gasteiger partial charge is 0.309 e. The molecule has 0 amide bonds. The van der Waals surface area contributed by atoms with Crippen LogP contribution in [0.5, 0.6) is 0 Å². The second kappa shape index (κ2) is 13.2. The van der Waals surface area contributed by atoms with Crippen LogP contribution >= 0.6 is 11.3 Å². The number of rotatable bonds is 3. The second-order valence-corrected chi connectivity index (χ2v) is 20.0. The third-order valence-corrected chi connectivity index (χ3v) is 17.3. The van der Waals surface area contributed by atoms with Crippen molar-refractivity contribution in [2.45, 2.75) is 10.8 Å². The van der Waals surface area contributed by atoms with Crippen LogP contribution in [0.2, 0.25) is 0 Å². The molecule has 0 saturated heterocycles. The molecule has 11 aromatic carbocycles. The van der Waals surface area contributed by atoms with Crippen LogP contribution in [0.25, 0.3) is 75.5 Å². The van der Waals surface area contributed by atoms with Gasteiger partial charge in [0.05, 0.1) is 26.9 Å². The summed E-state index contributed by atoms with van der Waals surface area (Å²) in [6.07, 6.45) is 0. The smallest absolute Gasteiger partial charge is 0.0746 e. The average Bonchev–Trinajstić information content (AvgIpc) is 4.18. The molecule has 12 aromatic rings. The van der Waals surface area contributed by atoms with Gasteiger partial charge in [0.15, 0.2) is 0 Å². The summed E-state index contributed by atoms with van der Waals surface area (Å²) in [5, 5.41) is 5.18. The molecule has 314 valence electrons. The fourth-order valence-electron chi connectivity index (χ4n) is 13.7. The van der Waals surface area contributed by atoms with Gasteiger partial charge in [-0.05, 0) is 125 Å². The first kappa shape index (κ1) is 36.9. The maximum atomic E-state index is 2.65. The average molecular weight is 878 g/mol. The fourth-order valence-corrected chi connectivity index (χ4v) is 14.9. The zero-order chi connectivity index (χ0) is 44.3. The predicted octanol–water partition coefficient (Wildman–Crippen LogP) is 17.4. The quantitative estimate of drug-likeness (QED) is 0.171. The van der Waals surface area contributed by atoms with Crippen LogP contribution in [-0.4, -0.2) is 0 Å². The van der Waals surface area contributed by atoms with Crippen molar-refractivity contribution in [1.29, 1.82) is 0 Å². The lowest BCUT2D eigenvalue weighted by Crippen LogP contribution is -2.28. The molecule has 2 heteroatoms. The maximum absolute atomic E-state index is 2.65. The van der Waals surface area contributed by atoms with Gasteiger partial charge in [-0.25, -0.2) is 0 Å². The molecule has 1 heterocycles. The summed E-state index contributed by atoms with van der Waals surface area (Å²) in [6, 6.07) is 90.0. The maximum Gasteiger partial charge on any atom is 0.0746 e. The summed E-state index contributed by atoms with van der Waals surface area (Å²) < 4.78 is 2.58. The molecule has 0 saturated carbocycles. The lowest BCUT2D eigenvalue weighted by atomic mass is 9.69. The Labute approximate surface area is 398 Å². The van der Waals surface area contributed by atoms with Crippen molar-refractivity contribution in [3.8, 4) is 44.5 Å². The van der Waals surface area contributed by atoms with Gasteiger partial charge in [0.1, 0.15) is 0 Å². The Balaban J connectivity index is 1.05. The van der Waals surface area contributed by atoms with Crippen molar-refractivity contribution in [1.82, 2.24) is 0 Å². The molecule has 16 rings (SSSR count). The first-order chi connectivity index (χ1) is 33.8. The zero-order valence-corrected chi connectivity index (χ0v) is 37.7. The van der Waals surface area contributed by atoms with Crippen molar-refractivity contribution in [2.75, 3.05) is 4.90 Å². The van der Waals surface area contributed by atoms with Gasteiger partial charge >= 0.3 is 0 Å². The zero-order valence-electron chi connectivity index (χ0n) is 36.9. The van der Waals surface area contributed by atoms with E-state index in [1.54, 1.807) is 0 Å². The van der Waals surface area contributed by atoms with E-state index in [0.29, 0.717) is 0 Å². The van der Waals surface area contributed by atoms with Gasteiger partial charge in [-0.1, -0.05) is 206 Å². The molecular weight excluding hydrogens is 839 g/mol. The summed E-state index contributed by atoms with van der Waals surface area (Å²) in [7, 11) is 0. The molecule has 0 atom stereocenters. The SMILES string of the molecule is c1ccc2c(c1)-c1ccccc1C21c2ccccc2-c2ccc(N(c3cccc4c3C3(c5ccccc5-c5ccccc53)c3ccccc3-4)c3cccc4c3sc3ccc5ccccc5c34)cc21. The molecule has 0 unspecified atom stereocenters. The van der Waals surface area contributed by atoms with E-state index in [2.05, 4.69) is 241 Å². The van der Waals surface area contributed by atoms with Gasteiger partial charge in [-0.3, -0.25) is 0 Å². The highest BCUT2D eigenvalue weighted by molar-refractivity contribution is 7.26. The van der Waals surface area contributed by atoms with Gasteiger partial charge < -0.3 is 4.90 Å². The van der Waals surface area contributed by atoms with E-state index >= 15 is 0 Å². The van der Waals surface area contributed by atoms with Crippen LogP contribution in [-0.2, 0) is 10.8 Å². The van der Waals surface area contributed by atoms with E-state index in [-0.39, 0.29) is 0 Å². The van der Waals surface area contributed by atoms with Crippen molar-refractivity contribution in [2.24, 2.45) is 0 Å². The first-order valence-corrected chi connectivity index (χ1v) is 24.6. The molecule has 4 aliphatic carbocycles.